The van der Waals surface area contributed by atoms with Gasteiger partial charge < -0.3 is 9.52 Å². The van der Waals surface area contributed by atoms with Gasteiger partial charge in [-0.1, -0.05) is 36.9 Å². The van der Waals surface area contributed by atoms with Crippen LogP contribution in [-0.2, 0) is 0 Å². The summed E-state index contributed by atoms with van der Waals surface area (Å²) in [6.07, 6.45) is 3.40. The quantitative estimate of drug-likeness (QED) is 0.707. The molecule has 7 heteroatoms. The Morgan fingerprint density at radius 1 is 1.08 bits per heavy atom. The zero-order chi connectivity index (χ0) is 16.9. The Balaban J connectivity index is 1.87. The van der Waals surface area contributed by atoms with Gasteiger partial charge in [-0.15, -0.1) is 5.10 Å². The Kier molecular flexibility index (Phi) is 4.90. The monoisotopic (exact) mass is 340 g/mol. The van der Waals surface area contributed by atoms with Crippen molar-refractivity contribution in [1.29, 1.82) is 0 Å². The summed E-state index contributed by atoms with van der Waals surface area (Å²) < 4.78 is 5.32. The number of oxazole rings is 1. The number of aromatic nitrogens is 4. The van der Waals surface area contributed by atoms with Crippen LogP contribution in [0.15, 0.2) is 39.9 Å². The molecule has 3 aromatic rings. The molecule has 0 amide bonds. The molecule has 6 nitrogen and oxygen atoms in total. The highest BCUT2D eigenvalue weighted by molar-refractivity contribution is 7.99. The van der Waals surface area contributed by atoms with Crippen molar-refractivity contribution in [2.45, 2.75) is 19.0 Å². The average molecular weight is 340 g/mol. The van der Waals surface area contributed by atoms with Crippen molar-refractivity contribution in [1.82, 2.24) is 20.2 Å². The van der Waals surface area contributed by atoms with Gasteiger partial charge in [0.05, 0.1) is 11.4 Å². The average Bonchev–Trinajstić information content (AvgIpc) is 2.97. The number of hydrogen-bond acceptors (Lipinski definition) is 7. The predicted molar refractivity (Wildman–Crippen MR) is 93.5 cm³/mol. The van der Waals surface area contributed by atoms with E-state index in [1.165, 1.54) is 11.8 Å². The maximum atomic E-state index is 9.95. The van der Waals surface area contributed by atoms with Crippen molar-refractivity contribution in [3.8, 4) is 17.4 Å². The molecule has 0 bridgehead atoms. The third-order valence-electron chi connectivity index (χ3n) is 3.20. The molecule has 3 rings (SSSR count). The molecule has 0 fully saturated rings. The number of aromatic hydroxyl groups is 1. The van der Waals surface area contributed by atoms with Gasteiger partial charge in [-0.25, -0.2) is 9.97 Å². The minimum Gasteiger partial charge on any atom is -0.479 e. The zero-order valence-corrected chi connectivity index (χ0v) is 14.1. The minimum atomic E-state index is -0.229. The molecule has 0 atom stereocenters. The summed E-state index contributed by atoms with van der Waals surface area (Å²) in [6, 6.07) is 9.41. The molecule has 24 heavy (non-hydrogen) atoms. The van der Waals surface area contributed by atoms with Gasteiger partial charge in [-0.2, -0.15) is 5.10 Å². The summed E-state index contributed by atoms with van der Waals surface area (Å²) in [7, 11) is 0. The molecule has 0 aliphatic rings. The summed E-state index contributed by atoms with van der Waals surface area (Å²) in [5.74, 6) is 1.01. The van der Waals surface area contributed by atoms with E-state index in [-0.39, 0.29) is 5.95 Å². The summed E-state index contributed by atoms with van der Waals surface area (Å²) >= 11 is 1.52. The van der Waals surface area contributed by atoms with Crippen LogP contribution in [0.25, 0.3) is 23.6 Å². The van der Waals surface area contributed by atoms with Gasteiger partial charge in [0, 0.05) is 5.56 Å². The fourth-order valence-corrected chi connectivity index (χ4v) is 2.54. The van der Waals surface area contributed by atoms with Crippen molar-refractivity contribution in [2.24, 2.45) is 0 Å². The lowest BCUT2D eigenvalue weighted by molar-refractivity contribution is 0.336. The zero-order valence-electron chi connectivity index (χ0n) is 13.3. The van der Waals surface area contributed by atoms with E-state index >= 15 is 0 Å². The Labute approximate surface area is 143 Å². The van der Waals surface area contributed by atoms with E-state index in [0.717, 1.165) is 11.3 Å². The van der Waals surface area contributed by atoms with Crippen molar-refractivity contribution >= 4 is 23.9 Å². The highest BCUT2D eigenvalue weighted by atomic mass is 32.2. The second-order valence-electron chi connectivity index (χ2n) is 4.91. The lowest BCUT2D eigenvalue weighted by Crippen LogP contribution is -1.98. The molecule has 0 unspecified atom stereocenters. The van der Waals surface area contributed by atoms with E-state index < -0.39 is 0 Å². The molecule has 0 spiro atoms. The molecule has 2 aromatic heterocycles. The normalized spacial score (nSPS) is 11.2. The molecule has 1 aromatic carbocycles. The number of thioether (sulfide) groups is 1. The Morgan fingerprint density at radius 2 is 1.83 bits per heavy atom. The minimum absolute atomic E-state index is 0.229. The van der Waals surface area contributed by atoms with Crippen LogP contribution in [-0.4, -0.2) is 31.0 Å². The second-order valence-corrected chi connectivity index (χ2v) is 6.14. The standard InChI is InChI=1S/C17H16N4O2S/c1-3-24-17-19-13(11(2)20-21-17)9-10-14-16(22)23-15(18-14)12-7-5-4-6-8-12/h4-10,22H,3H2,1-2H3/b10-9+. The highest BCUT2D eigenvalue weighted by Crippen LogP contribution is 2.27. The molecular formula is C17H16N4O2S. The van der Waals surface area contributed by atoms with Gasteiger partial charge >= 0.3 is 5.95 Å². The molecule has 0 saturated carbocycles. The van der Waals surface area contributed by atoms with Crippen LogP contribution in [0.2, 0.25) is 0 Å². The van der Waals surface area contributed by atoms with E-state index in [4.69, 9.17) is 4.42 Å². The number of hydrogen-bond donors (Lipinski definition) is 1. The molecule has 0 radical (unpaired) electrons. The number of rotatable bonds is 5. The first kappa shape index (κ1) is 16.2. The third-order valence-corrected chi connectivity index (χ3v) is 3.92. The van der Waals surface area contributed by atoms with E-state index in [0.29, 0.717) is 28.1 Å². The molecule has 2 heterocycles. The van der Waals surface area contributed by atoms with E-state index in [9.17, 15) is 5.11 Å². The SMILES string of the molecule is CCSc1nnc(C)c(/C=C/c2nc(-c3ccccc3)oc2O)n1. The molecule has 1 N–H and O–H groups in total. The van der Waals surface area contributed by atoms with Gasteiger partial charge in [0.15, 0.2) is 0 Å². The maximum absolute atomic E-state index is 9.95. The summed E-state index contributed by atoms with van der Waals surface area (Å²) in [6.45, 7) is 3.86. The second kappa shape index (κ2) is 7.27. The predicted octanol–water partition coefficient (Wildman–Crippen LogP) is 3.82. The Bertz CT molecular complexity index is 862. The summed E-state index contributed by atoms with van der Waals surface area (Å²) in [5, 5.41) is 18.7. The van der Waals surface area contributed by atoms with Gasteiger partial charge in [0.2, 0.25) is 11.0 Å². The number of nitrogens with zero attached hydrogens (tertiary/aromatic N) is 4. The molecule has 122 valence electrons. The molecular weight excluding hydrogens is 324 g/mol. The lowest BCUT2D eigenvalue weighted by atomic mass is 10.2. The van der Waals surface area contributed by atoms with E-state index in [1.807, 2.05) is 44.2 Å². The fraction of sp³-hybridized carbons (Fsp3) is 0.176. The van der Waals surface area contributed by atoms with Crippen LogP contribution < -0.4 is 0 Å². The first-order valence-corrected chi connectivity index (χ1v) is 8.43. The molecule has 0 aliphatic heterocycles. The van der Waals surface area contributed by atoms with Crippen LogP contribution in [0.1, 0.15) is 24.0 Å². The van der Waals surface area contributed by atoms with Crippen molar-refractivity contribution < 1.29 is 9.52 Å². The van der Waals surface area contributed by atoms with Crippen LogP contribution in [0.4, 0.5) is 0 Å². The van der Waals surface area contributed by atoms with Gasteiger partial charge in [-0.05, 0) is 37.0 Å². The molecule has 0 saturated heterocycles. The number of benzene rings is 1. The van der Waals surface area contributed by atoms with Crippen LogP contribution >= 0.6 is 11.8 Å². The third kappa shape index (κ3) is 3.62. The van der Waals surface area contributed by atoms with Crippen molar-refractivity contribution in [3.63, 3.8) is 0 Å². The summed E-state index contributed by atoms with van der Waals surface area (Å²) in [4.78, 5) is 8.75. The smallest absolute Gasteiger partial charge is 0.310 e. The van der Waals surface area contributed by atoms with Crippen LogP contribution in [0, 0.1) is 6.92 Å². The lowest BCUT2D eigenvalue weighted by Gasteiger charge is -2.00. The van der Waals surface area contributed by atoms with Crippen molar-refractivity contribution in [3.05, 3.63) is 47.4 Å². The van der Waals surface area contributed by atoms with Crippen LogP contribution in [0.3, 0.4) is 0 Å². The number of aryl methyl sites for hydroxylation is 1. The maximum Gasteiger partial charge on any atom is 0.310 e. The topological polar surface area (TPSA) is 84.9 Å². The Morgan fingerprint density at radius 3 is 2.58 bits per heavy atom. The van der Waals surface area contributed by atoms with Gasteiger partial charge in [0.25, 0.3) is 0 Å². The highest BCUT2D eigenvalue weighted by Gasteiger charge is 2.12. The fourth-order valence-electron chi connectivity index (χ4n) is 2.02. The largest absolute Gasteiger partial charge is 0.479 e. The Hall–Kier alpha value is -2.67. The van der Waals surface area contributed by atoms with Crippen LogP contribution in [0.5, 0.6) is 5.95 Å². The first-order chi connectivity index (χ1) is 11.7. The van der Waals surface area contributed by atoms with Crippen molar-refractivity contribution in [2.75, 3.05) is 5.75 Å². The molecule has 0 aliphatic carbocycles. The summed E-state index contributed by atoms with van der Waals surface area (Å²) in [5.41, 5.74) is 2.54. The first-order valence-electron chi connectivity index (χ1n) is 7.44. The van der Waals surface area contributed by atoms with E-state index in [2.05, 4.69) is 20.2 Å². The van der Waals surface area contributed by atoms with Gasteiger partial charge in [0.1, 0.15) is 5.69 Å². The van der Waals surface area contributed by atoms with Gasteiger partial charge in [-0.3, -0.25) is 0 Å². The van der Waals surface area contributed by atoms with E-state index in [1.54, 1.807) is 12.2 Å².